The molecule has 138 valence electrons. The average Bonchev–Trinajstić information content (AvgIpc) is 3.26. The number of piperidine rings is 1. The van der Waals surface area contributed by atoms with Crippen molar-refractivity contribution in [2.24, 2.45) is 5.92 Å². The maximum absolute atomic E-state index is 12.5. The molecule has 2 aliphatic heterocycles. The van der Waals surface area contributed by atoms with Crippen molar-refractivity contribution in [1.82, 2.24) is 14.7 Å². The van der Waals surface area contributed by atoms with Crippen LogP contribution in [0.3, 0.4) is 0 Å². The highest BCUT2D eigenvalue weighted by molar-refractivity contribution is 9.11. The smallest absolute Gasteiger partial charge is 0.236 e. The van der Waals surface area contributed by atoms with Gasteiger partial charge in [0, 0.05) is 43.5 Å². The van der Waals surface area contributed by atoms with Gasteiger partial charge in [-0.2, -0.15) is 0 Å². The molecule has 0 unspecified atom stereocenters. The Balaban J connectivity index is 1.42. The predicted octanol–water partition coefficient (Wildman–Crippen LogP) is 2.80. The first-order valence-corrected chi connectivity index (χ1v) is 10.6. The van der Waals surface area contributed by atoms with Crippen molar-refractivity contribution in [3.8, 4) is 0 Å². The minimum Gasteiger partial charge on any atom is -0.342 e. The molecule has 0 N–H and O–H groups in total. The van der Waals surface area contributed by atoms with E-state index in [1.54, 1.807) is 11.3 Å². The highest BCUT2D eigenvalue weighted by Crippen LogP contribution is 2.24. The van der Waals surface area contributed by atoms with Crippen molar-refractivity contribution in [3.05, 3.63) is 20.8 Å². The Kier molecular flexibility index (Phi) is 6.52. The molecule has 1 aromatic rings. The molecule has 7 heteroatoms. The van der Waals surface area contributed by atoms with E-state index in [9.17, 15) is 9.59 Å². The zero-order valence-corrected chi connectivity index (χ0v) is 17.1. The van der Waals surface area contributed by atoms with E-state index in [0.717, 1.165) is 49.1 Å². The van der Waals surface area contributed by atoms with E-state index in [4.69, 9.17) is 0 Å². The molecular weight excluding hydrogens is 402 g/mol. The molecular formula is C18H26BrN3O2S. The van der Waals surface area contributed by atoms with Gasteiger partial charge < -0.3 is 9.80 Å². The van der Waals surface area contributed by atoms with E-state index in [-0.39, 0.29) is 11.8 Å². The third kappa shape index (κ3) is 5.05. The van der Waals surface area contributed by atoms with Crippen molar-refractivity contribution < 1.29 is 9.59 Å². The summed E-state index contributed by atoms with van der Waals surface area (Å²) in [4.78, 5) is 32.2. The van der Waals surface area contributed by atoms with Gasteiger partial charge in [-0.15, -0.1) is 11.3 Å². The molecule has 0 spiro atoms. The summed E-state index contributed by atoms with van der Waals surface area (Å²) in [7, 11) is 1.98. The lowest BCUT2D eigenvalue weighted by molar-refractivity contribution is -0.140. The van der Waals surface area contributed by atoms with Crippen LogP contribution in [-0.2, 0) is 16.1 Å². The molecule has 25 heavy (non-hydrogen) atoms. The first-order valence-electron chi connectivity index (χ1n) is 9.02. The normalized spacial score (nSPS) is 19.0. The van der Waals surface area contributed by atoms with E-state index in [1.807, 2.05) is 22.9 Å². The van der Waals surface area contributed by atoms with Crippen molar-refractivity contribution in [1.29, 1.82) is 0 Å². The van der Waals surface area contributed by atoms with Crippen LogP contribution in [-0.4, -0.2) is 66.3 Å². The monoisotopic (exact) mass is 427 g/mol. The second-order valence-electron chi connectivity index (χ2n) is 7.07. The molecule has 0 radical (unpaired) electrons. The van der Waals surface area contributed by atoms with Crippen molar-refractivity contribution in [2.75, 3.05) is 39.8 Å². The molecule has 3 heterocycles. The van der Waals surface area contributed by atoms with Gasteiger partial charge in [0.25, 0.3) is 0 Å². The van der Waals surface area contributed by atoms with Gasteiger partial charge in [0.15, 0.2) is 0 Å². The topological polar surface area (TPSA) is 43.9 Å². The predicted molar refractivity (Wildman–Crippen MR) is 103 cm³/mol. The Morgan fingerprint density at radius 3 is 2.44 bits per heavy atom. The third-order valence-corrected chi connectivity index (χ3v) is 6.68. The minimum atomic E-state index is 0.114. The second-order valence-corrected chi connectivity index (χ2v) is 9.61. The standard InChI is InChI=1S/C18H26BrN3O2S/c1-20(12-15-4-5-16(19)25-15)13-17(23)21-10-6-14(7-11-21)18(24)22-8-2-3-9-22/h4-5,14H,2-3,6-13H2,1H3. The summed E-state index contributed by atoms with van der Waals surface area (Å²) in [5, 5.41) is 0. The maximum atomic E-state index is 12.5. The first-order chi connectivity index (χ1) is 12.0. The Morgan fingerprint density at radius 2 is 1.84 bits per heavy atom. The highest BCUT2D eigenvalue weighted by Gasteiger charge is 2.31. The lowest BCUT2D eigenvalue weighted by Crippen LogP contribution is -2.46. The quantitative estimate of drug-likeness (QED) is 0.725. The number of thiophene rings is 1. The number of likely N-dealkylation sites (tertiary alicyclic amines) is 2. The summed E-state index contributed by atoms with van der Waals surface area (Å²) in [5.41, 5.74) is 0. The molecule has 0 aliphatic carbocycles. The van der Waals surface area contributed by atoms with Gasteiger partial charge in [0.05, 0.1) is 10.3 Å². The zero-order valence-electron chi connectivity index (χ0n) is 14.7. The van der Waals surface area contributed by atoms with Crippen LogP contribution in [0.5, 0.6) is 0 Å². The van der Waals surface area contributed by atoms with Crippen LogP contribution in [0.15, 0.2) is 15.9 Å². The van der Waals surface area contributed by atoms with Crippen molar-refractivity contribution >= 4 is 39.1 Å². The Hall–Kier alpha value is -0.920. The molecule has 2 amide bonds. The number of carbonyl (C=O) groups is 2. The van der Waals surface area contributed by atoms with E-state index in [0.29, 0.717) is 25.5 Å². The maximum Gasteiger partial charge on any atom is 0.236 e. The number of carbonyl (C=O) groups excluding carboxylic acids is 2. The van der Waals surface area contributed by atoms with E-state index < -0.39 is 0 Å². The lowest BCUT2D eigenvalue weighted by atomic mass is 9.95. The van der Waals surface area contributed by atoms with Crippen molar-refractivity contribution in [3.63, 3.8) is 0 Å². The number of amides is 2. The van der Waals surface area contributed by atoms with Gasteiger partial charge >= 0.3 is 0 Å². The number of hydrogen-bond acceptors (Lipinski definition) is 4. The molecule has 1 aromatic heterocycles. The number of halogens is 1. The Bertz CT molecular complexity index is 607. The summed E-state index contributed by atoms with van der Waals surface area (Å²) in [6.45, 7) is 4.47. The molecule has 2 fully saturated rings. The summed E-state index contributed by atoms with van der Waals surface area (Å²) >= 11 is 5.17. The van der Waals surface area contributed by atoms with Crippen LogP contribution in [0.1, 0.15) is 30.6 Å². The second kappa shape index (κ2) is 8.64. The van der Waals surface area contributed by atoms with Gasteiger partial charge in [0.2, 0.25) is 11.8 Å². The summed E-state index contributed by atoms with van der Waals surface area (Å²) in [5.74, 6) is 0.596. The first kappa shape index (κ1) is 18.9. The van der Waals surface area contributed by atoms with E-state index in [1.165, 1.54) is 4.88 Å². The number of likely N-dealkylation sites (N-methyl/N-ethyl adjacent to an activating group) is 1. The van der Waals surface area contributed by atoms with E-state index in [2.05, 4.69) is 26.9 Å². The van der Waals surface area contributed by atoms with Crippen LogP contribution in [0, 0.1) is 5.92 Å². The zero-order chi connectivity index (χ0) is 17.8. The molecule has 2 saturated heterocycles. The van der Waals surface area contributed by atoms with Crippen LogP contribution in [0.4, 0.5) is 0 Å². The third-order valence-electron chi connectivity index (χ3n) is 5.07. The van der Waals surface area contributed by atoms with Crippen LogP contribution in [0.2, 0.25) is 0 Å². The average molecular weight is 428 g/mol. The molecule has 0 saturated carbocycles. The van der Waals surface area contributed by atoms with E-state index >= 15 is 0 Å². The van der Waals surface area contributed by atoms with Gasteiger partial charge in [-0.1, -0.05) is 0 Å². The molecule has 0 atom stereocenters. The summed E-state index contributed by atoms with van der Waals surface area (Å²) in [6.07, 6.45) is 3.89. The number of nitrogens with zero attached hydrogens (tertiary/aromatic N) is 3. The molecule has 0 aromatic carbocycles. The highest BCUT2D eigenvalue weighted by atomic mass is 79.9. The fraction of sp³-hybridized carbons (Fsp3) is 0.667. The summed E-state index contributed by atoms with van der Waals surface area (Å²) < 4.78 is 1.12. The fourth-order valence-electron chi connectivity index (χ4n) is 3.66. The largest absolute Gasteiger partial charge is 0.342 e. The minimum absolute atomic E-state index is 0.114. The lowest BCUT2D eigenvalue weighted by Gasteiger charge is -2.34. The van der Waals surface area contributed by atoms with Gasteiger partial charge in [-0.25, -0.2) is 0 Å². The number of rotatable bonds is 5. The van der Waals surface area contributed by atoms with Crippen molar-refractivity contribution in [2.45, 2.75) is 32.2 Å². The van der Waals surface area contributed by atoms with Gasteiger partial charge in [0.1, 0.15) is 0 Å². The Morgan fingerprint density at radius 1 is 1.16 bits per heavy atom. The van der Waals surface area contributed by atoms with Crippen LogP contribution >= 0.6 is 27.3 Å². The van der Waals surface area contributed by atoms with Gasteiger partial charge in [-0.3, -0.25) is 14.5 Å². The van der Waals surface area contributed by atoms with Crippen LogP contribution in [0.25, 0.3) is 0 Å². The summed E-state index contributed by atoms with van der Waals surface area (Å²) in [6, 6.07) is 4.13. The molecule has 0 bridgehead atoms. The Labute approximate surface area is 162 Å². The molecule has 5 nitrogen and oxygen atoms in total. The molecule has 3 rings (SSSR count). The number of hydrogen-bond donors (Lipinski definition) is 0. The SMILES string of the molecule is CN(CC(=O)N1CCC(C(=O)N2CCCC2)CC1)Cc1ccc(Br)s1. The van der Waals surface area contributed by atoms with Gasteiger partial charge in [-0.05, 0) is 60.8 Å². The fourth-order valence-corrected chi connectivity index (χ4v) is 5.22. The molecule has 2 aliphatic rings. The van der Waals surface area contributed by atoms with Crippen LogP contribution < -0.4 is 0 Å².